The topological polar surface area (TPSA) is 64.3 Å². The minimum atomic E-state index is 0.471. The van der Waals surface area contributed by atoms with Gasteiger partial charge in [-0.1, -0.05) is 20.8 Å². The van der Waals surface area contributed by atoms with E-state index >= 15 is 0 Å². The van der Waals surface area contributed by atoms with Crippen LogP contribution in [0.5, 0.6) is 0 Å². The molecule has 0 bridgehead atoms. The summed E-state index contributed by atoms with van der Waals surface area (Å²) in [6.07, 6.45) is 3.34. The van der Waals surface area contributed by atoms with Crippen LogP contribution in [0.25, 0.3) is 0 Å². The molecule has 4 nitrogen and oxygen atoms in total. The van der Waals surface area contributed by atoms with Gasteiger partial charge in [0.15, 0.2) is 0 Å². The van der Waals surface area contributed by atoms with Crippen molar-refractivity contribution >= 4 is 6.29 Å². The molecule has 0 saturated heterocycles. The van der Waals surface area contributed by atoms with Crippen LogP contribution in [0.15, 0.2) is 0 Å². The van der Waals surface area contributed by atoms with Crippen molar-refractivity contribution in [2.24, 2.45) is 5.90 Å². The fraction of sp³-hybridized carbons (Fsp3) is 0.900. The second-order valence-electron chi connectivity index (χ2n) is 2.28. The second kappa shape index (κ2) is 29.4. The first kappa shape index (κ1) is 19.2. The predicted octanol–water partition coefficient (Wildman–Crippen LogP) is 1.50. The summed E-state index contributed by atoms with van der Waals surface area (Å²) < 4.78 is 0. The van der Waals surface area contributed by atoms with E-state index in [0.717, 1.165) is 19.3 Å². The molecule has 0 aromatic rings. The Hall–Kier alpha value is -0.450. The highest BCUT2D eigenvalue weighted by molar-refractivity contribution is 5.48. The summed E-state index contributed by atoms with van der Waals surface area (Å²) in [6, 6.07) is 0. The van der Waals surface area contributed by atoms with Gasteiger partial charge < -0.3 is 14.9 Å². The van der Waals surface area contributed by atoms with Gasteiger partial charge in [-0.25, -0.2) is 5.90 Å². The third-order valence-electron chi connectivity index (χ3n) is 1.08. The SMILES string of the molecule is CC.CCCNC.NOCCCC=O. The van der Waals surface area contributed by atoms with Gasteiger partial charge in [0.2, 0.25) is 0 Å². The van der Waals surface area contributed by atoms with E-state index in [0.29, 0.717) is 13.0 Å². The molecular weight excluding hydrogens is 180 g/mol. The van der Waals surface area contributed by atoms with E-state index in [-0.39, 0.29) is 0 Å². The van der Waals surface area contributed by atoms with Crippen LogP contribution in [0, 0.1) is 0 Å². The Kier molecular flexibility index (Phi) is 40.2. The van der Waals surface area contributed by atoms with Crippen LogP contribution >= 0.6 is 0 Å². The summed E-state index contributed by atoms with van der Waals surface area (Å²) in [4.78, 5) is 13.8. The maximum Gasteiger partial charge on any atom is 0.120 e. The van der Waals surface area contributed by atoms with Crippen LogP contribution in [-0.2, 0) is 9.63 Å². The molecule has 0 aliphatic carbocycles. The van der Waals surface area contributed by atoms with E-state index in [1.165, 1.54) is 6.42 Å². The average molecular weight is 206 g/mol. The molecule has 14 heavy (non-hydrogen) atoms. The van der Waals surface area contributed by atoms with Gasteiger partial charge in [-0.2, -0.15) is 0 Å². The lowest BCUT2D eigenvalue weighted by Crippen LogP contribution is -2.04. The van der Waals surface area contributed by atoms with Gasteiger partial charge in [0.25, 0.3) is 0 Å². The number of carbonyl (C=O) groups is 1. The first-order chi connectivity index (χ1) is 6.83. The maximum absolute atomic E-state index is 9.58. The molecule has 0 amide bonds. The molecule has 0 heterocycles. The van der Waals surface area contributed by atoms with Gasteiger partial charge in [-0.3, -0.25) is 0 Å². The van der Waals surface area contributed by atoms with Gasteiger partial charge in [-0.15, -0.1) is 0 Å². The molecule has 0 unspecified atom stereocenters. The molecule has 3 N–H and O–H groups in total. The lowest BCUT2D eigenvalue weighted by molar-refractivity contribution is -0.108. The van der Waals surface area contributed by atoms with Gasteiger partial charge in [0.05, 0.1) is 6.61 Å². The van der Waals surface area contributed by atoms with Crippen molar-refractivity contribution < 1.29 is 9.63 Å². The van der Waals surface area contributed by atoms with Gasteiger partial charge >= 0.3 is 0 Å². The molecule has 0 atom stereocenters. The quantitative estimate of drug-likeness (QED) is 0.393. The monoisotopic (exact) mass is 206 g/mol. The van der Waals surface area contributed by atoms with Gasteiger partial charge in [0.1, 0.15) is 6.29 Å². The Morgan fingerprint density at radius 3 is 2.21 bits per heavy atom. The normalized spacial score (nSPS) is 7.79. The smallest absolute Gasteiger partial charge is 0.120 e. The number of nitrogens with two attached hydrogens (primary N) is 1. The van der Waals surface area contributed by atoms with E-state index < -0.39 is 0 Å². The number of unbranched alkanes of at least 4 members (excludes halogenated alkanes) is 1. The van der Waals surface area contributed by atoms with Crippen LogP contribution in [-0.4, -0.2) is 26.5 Å². The zero-order valence-corrected chi connectivity index (χ0v) is 10.0. The average Bonchev–Trinajstić information content (AvgIpc) is 2.24. The summed E-state index contributed by atoms with van der Waals surface area (Å²) in [5.41, 5.74) is 0. The van der Waals surface area contributed by atoms with Crippen LogP contribution in [0.3, 0.4) is 0 Å². The highest BCUT2D eigenvalue weighted by Crippen LogP contribution is 1.80. The number of rotatable bonds is 6. The summed E-state index contributed by atoms with van der Waals surface area (Å²) in [5, 5.41) is 3.02. The molecule has 4 heteroatoms. The molecule has 0 aliphatic heterocycles. The molecule has 88 valence electrons. The Morgan fingerprint density at radius 2 is 2.00 bits per heavy atom. The van der Waals surface area contributed by atoms with Gasteiger partial charge in [-0.05, 0) is 26.4 Å². The number of hydrogen-bond donors (Lipinski definition) is 2. The highest BCUT2D eigenvalue weighted by Gasteiger charge is 1.80. The van der Waals surface area contributed by atoms with Crippen molar-refractivity contribution in [3.05, 3.63) is 0 Å². The summed E-state index contributed by atoms with van der Waals surface area (Å²) >= 11 is 0. The fourth-order valence-corrected chi connectivity index (χ4v) is 0.500. The Bertz CT molecular complexity index is 78.5. The number of aldehydes is 1. The van der Waals surface area contributed by atoms with Crippen molar-refractivity contribution in [2.75, 3.05) is 20.2 Å². The first-order valence-corrected chi connectivity index (χ1v) is 5.23. The van der Waals surface area contributed by atoms with E-state index in [1.807, 2.05) is 20.9 Å². The minimum Gasteiger partial charge on any atom is -0.320 e. The van der Waals surface area contributed by atoms with Crippen molar-refractivity contribution in [1.82, 2.24) is 5.32 Å². The summed E-state index contributed by atoms with van der Waals surface area (Å²) in [5.74, 6) is 4.65. The summed E-state index contributed by atoms with van der Waals surface area (Å²) in [6.45, 7) is 7.76. The van der Waals surface area contributed by atoms with Crippen molar-refractivity contribution in [2.45, 2.75) is 40.0 Å². The van der Waals surface area contributed by atoms with E-state index in [2.05, 4.69) is 23.0 Å². The maximum atomic E-state index is 9.58. The largest absolute Gasteiger partial charge is 0.320 e. The zero-order chi connectivity index (χ0) is 11.7. The molecule has 0 aromatic heterocycles. The third kappa shape index (κ3) is 41.7. The van der Waals surface area contributed by atoms with E-state index in [4.69, 9.17) is 0 Å². The molecule has 0 radical (unpaired) electrons. The highest BCUT2D eigenvalue weighted by atomic mass is 16.6. The Morgan fingerprint density at radius 1 is 1.43 bits per heavy atom. The fourth-order valence-electron chi connectivity index (χ4n) is 0.500. The zero-order valence-electron chi connectivity index (χ0n) is 10.0. The van der Waals surface area contributed by atoms with Crippen LogP contribution in [0.1, 0.15) is 40.0 Å². The lowest BCUT2D eigenvalue weighted by Gasteiger charge is -1.88. The number of nitrogens with one attached hydrogen (secondary N) is 1. The molecule has 0 rings (SSSR count). The molecule has 0 aliphatic rings. The Balaban J connectivity index is -0.000000152. The van der Waals surface area contributed by atoms with Crippen molar-refractivity contribution in [3.63, 3.8) is 0 Å². The minimum absolute atomic E-state index is 0.471. The van der Waals surface area contributed by atoms with Crippen molar-refractivity contribution in [3.8, 4) is 0 Å². The molecular formula is C10H26N2O2. The molecule has 0 fully saturated rings. The van der Waals surface area contributed by atoms with Crippen LogP contribution < -0.4 is 11.2 Å². The van der Waals surface area contributed by atoms with E-state index in [9.17, 15) is 4.79 Å². The first-order valence-electron chi connectivity index (χ1n) is 5.23. The summed E-state index contributed by atoms with van der Waals surface area (Å²) in [7, 11) is 1.96. The van der Waals surface area contributed by atoms with Gasteiger partial charge in [0, 0.05) is 6.42 Å². The molecule has 0 aromatic carbocycles. The lowest BCUT2D eigenvalue weighted by atomic mass is 10.4. The third-order valence-corrected chi connectivity index (χ3v) is 1.08. The van der Waals surface area contributed by atoms with Crippen LogP contribution in [0.2, 0.25) is 0 Å². The number of hydrogen-bond acceptors (Lipinski definition) is 4. The standard InChI is InChI=1S/C4H9NO2.C4H11N.C2H6/c5-7-4-2-1-3-6;1-3-4-5-2;1-2/h3H,1-2,4-5H2;5H,3-4H2,1-2H3;1-2H3. The Labute approximate surface area is 88.2 Å². The van der Waals surface area contributed by atoms with Crippen LogP contribution in [0.4, 0.5) is 0 Å². The molecule has 0 saturated carbocycles. The predicted molar refractivity (Wildman–Crippen MR) is 61.0 cm³/mol. The van der Waals surface area contributed by atoms with E-state index in [1.54, 1.807) is 0 Å². The second-order valence-corrected chi connectivity index (χ2v) is 2.28. The molecule has 0 spiro atoms. The number of carbonyl (C=O) groups excluding carboxylic acids is 1. The van der Waals surface area contributed by atoms with Crippen molar-refractivity contribution in [1.29, 1.82) is 0 Å².